The van der Waals surface area contributed by atoms with Crippen LogP contribution in [0.2, 0.25) is 0 Å². The van der Waals surface area contributed by atoms with Crippen LogP contribution in [0.3, 0.4) is 0 Å². The van der Waals surface area contributed by atoms with Crippen LogP contribution in [0.25, 0.3) is 10.2 Å². The number of benzene rings is 1. The number of hydrogen-bond donors (Lipinski definition) is 1. The zero-order chi connectivity index (χ0) is 10.8. The second-order valence-electron chi connectivity index (χ2n) is 3.41. The normalized spacial score (nSPS) is 10.8. The van der Waals surface area contributed by atoms with Crippen molar-refractivity contribution >= 4 is 26.7 Å². The van der Waals surface area contributed by atoms with E-state index < -0.39 is 0 Å². The maximum atomic E-state index is 5.69. The molecule has 80 valence electrons. The number of nitrogens with two attached hydrogens (primary N) is 1. The summed E-state index contributed by atoms with van der Waals surface area (Å²) in [6, 6.07) is 4.17. The lowest BCUT2D eigenvalue weighted by Crippen LogP contribution is -1.93. The number of hydrogen-bond acceptors (Lipinski definition) is 4. The van der Waals surface area contributed by atoms with E-state index in [1.165, 1.54) is 16.9 Å². The first-order valence-corrected chi connectivity index (χ1v) is 5.79. The van der Waals surface area contributed by atoms with Crippen LogP contribution in [0, 0.1) is 0 Å². The Labute approximate surface area is 92.9 Å². The van der Waals surface area contributed by atoms with Crippen LogP contribution in [-0.4, -0.2) is 12.1 Å². The van der Waals surface area contributed by atoms with Crippen molar-refractivity contribution in [2.45, 2.75) is 19.8 Å². The third-order valence-corrected chi connectivity index (χ3v) is 3.19. The molecule has 1 aromatic carbocycles. The summed E-state index contributed by atoms with van der Waals surface area (Å²) in [6.45, 7) is 2.15. The monoisotopic (exact) mass is 222 g/mol. The van der Waals surface area contributed by atoms with E-state index in [9.17, 15) is 0 Å². The number of aryl methyl sites for hydroxylation is 1. The Hall–Kier alpha value is -1.29. The molecule has 0 unspecified atom stereocenters. The molecule has 1 aromatic heterocycles. The largest absolute Gasteiger partial charge is 0.494 e. The second kappa shape index (κ2) is 4.06. The van der Waals surface area contributed by atoms with Gasteiger partial charge in [-0.2, -0.15) is 0 Å². The van der Waals surface area contributed by atoms with Gasteiger partial charge in [0.15, 0.2) is 5.13 Å². The first kappa shape index (κ1) is 10.2. The highest BCUT2D eigenvalue weighted by Gasteiger charge is 2.11. The maximum absolute atomic E-state index is 5.69. The number of rotatable bonds is 3. The minimum atomic E-state index is 0.594. The van der Waals surface area contributed by atoms with Gasteiger partial charge in [0.1, 0.15) is 11.3 Å². The topological polar surface area (TPSA) is 48.1 Å². The molecule has 3 nitrogen and oxygen atoms in total. The number of nitrogens with zero attached hydrogens (tertiary/aromatic N) is 1. The van der Waals surface area contributed by atoms with Gasteiger partial charge in [-0.15, -0.1) is 0 Å². The summed E-state index contributed by atoms with van der Waals surface area (Å²) in [5.41, 5.74) is 7.79. The maximum Gasteiger partial charge on any atom is 0.181 e. The number of aromatic nitrogens is 1. The molecule has 0 saturated carbocycles. The van der Waals surface area contributed by atoms with Crippen LogP contribution in [0.5, 0.6) is 5.75 Å². The van der Waals surface area contributed by atoms with Gasteiger partial charge >= 0.3 is 0 Å². The van der Waals surface area contributed by atoms with Gasteiger partial charge < -0.3 is 10.5 Å². The van der Waals surface area contributed by atoms with Gasteiger partial charge in [0.2, 0.25) is 0 Å². The average molecular weight is 222 g/mol. The fourth-order valence-corrected chi connectivity index (χ4v) is 2.46. The number of ether oxygens (including phenoxy) is 1. The lowest BCUT2D eigenvalue weighted by molar-refractivity contribution is 0.414. The van der Waals surface area contributed by atoms with Gasteiger partial charge in [-0.3, -0.25) is 0 Å². The highest BCUT2D eigenvalue weighted by Crippen LogP contribution is 2.34. The van der Waals surface area contributed by atoms with Gasteiger partial charge in [0.05, 0.1) is 11.8 Å². The Bertz CT molecular complexity index is 479. The minimum Gasteiger partial charge on any atom is -0.494 e. The van der Waals surface area contributed by atoms with Crippen molar-refractivity contribution in [1.82, 2.24) is 4.98 Å². The lowest BCUT2D eigenvalue weighted by atomic mass is 10.1. The van der Waals surface area contributed by atoms with Crippen molar-refractivity contribution in [2.75, 3.05) is 12.8 Å². The standard InChI is InChI=1S/C11H14N2OS/c1-3-4-7-5-6-8-9(10(7)14-2)13-11(12)15-8/h5-6H,3-4H2,1-2H3,(H2,12,13). The third-order valence-electron chi connectivity index (χ3n) is 2.34. The molecule has 0 fully saturated rings. The Morgan fingerprint density at radius 1 is 1.47 bits per heavy atom. The molecule has 2 N–H and O–H groups in total. The lowest BCUT2D eigenvalue weighted by Gasteiger charge is -2.07. The smallest absolute Gasteiger partial charge is 0.181 e. The van der Waals surface area contributed by atoms with E-state index in [4.69, 9.17) is 10.5 Å². The van der Waals surface area contributed by atoms with Gasteiger partial charge in [-0.25, -0.2) is 4.98 Å². The predicted octanol–water partition coefficient (Wildman–Crippen LogP) is 2.84. The van der Waals surface area contributed by atoms with Crippen LogP contribution < -0.4 is 10.5 Å². The fraction of sp³-hybridized carbons (Fsp3) is 0.364. The zero-order valence-corrected chi connectivity index (χ0v) is 9.73. The minimum absolute atomic E-state index is 0.594. The van der Waals surface area contributed by atoms with Crippen molar-refractivity contribution < 1.29 is 4.74 Å². The van der Waals surface area contributed by atoms with Crippen molar-refractivity contribution in [3.63, 3.8) is 0 Å². The van der Waals surface area contributed by atoms with E-state index in [0.717, 1.165) is 28.8 Å². The molecule has 0 aliphatic carbocycles. The molecule has 4 heteroatoms. The van der Waals surface area contributed by atoms with Crippen LogP contribution in [0.15, 0.2) is 12.1 Å². The molecule has 2 aromatic rings. The van der Waals surface area contributed by atoms with E-state index in [-0.39, 0.29) is 0 Å². The van der Waals surface area contributed by atoms with E-state index in [1.54, 1.807) is 7.11 Å². The van der Waals surface area contributed by atoms with Crippen LogP contribution in [-0.2, 0) is 6.42 Å². The molecular formula is C11H14N2OS. The Morgan fingerprint density at radius 2 is 2.27 bits per heavy atom. The molecular weight excluding hydrogens is 208 g/mol. The van der Waals surface area contributed by atoms with Crippen LogP contribution in [0.1, 0.15) is 18.9 Å². The molecule has 15 heavy (non-hydrogen) atoms. The van der Waals surface area contributed by atoms with E-state index >= 15 is 0 Å². The first-order valence-electron chi connectivity index (χ1n) is 4.98. The molecule has 0 aliphatic heterocycles. The molecule has 0 radical (unpaired) electrons. The van der Waals surface area contributed by atoms with Crippen molar-refractivity contribution in [1.29, 1.82) is 0 Å². The fourth-order valence-electron chi connectivity index (χ4n) is 1.72. The molecule has 0 aliphatic rings. The van der Waals surface area contributed by atoms with Gasteiger partial charge in [-0.1, -0.05) is 30.7 Å². The number of methoxy groups -OCH3 is 1. The van der Waals surface area contributed by atoms with Crippen molar-refractivity contribution in [3.05, 3.63) is 17.7 Å². The molecule has 1 heterocycles. The molecule has 0 amide bonds. The number of fused-ring (bicyclic) bond motifs is 1. The Kier molecular flexibility index (Phi) is 2.77. The summed E-state index contributed by atoms with van der Waals surface area (Å²) >= 11 is 1.50. The highest BCUT2D eigenvalue weighted by molar-refractivity contribution is 7.22. The number of anilines is 1. The number of thiazole rings is 1. The van der Waals surface area contributed by atoms with E-state index in [2.05, 4.69) is 24.0 Å². The summed E-state index contributed by atoms with van der Waals surface area (Å²) in [5.74, 6) is 0.877. The summed E-state index contributed by atoms with van der Waals surface area (Å²) in [5, 5.41) is 0.594. The third kappa shape index (κ3) is 1.77. The second-order valence-corrected chi connectivity index (χ2v) is 4.47. The van der Waals surface area contributed by atoms with Crippen LogP contribution >= 0.6 is 11.3 Å². The molecule has 2 rings (SSSR count). The summed E-state index contributed by atoms with van der Waals surface area (Å²) in [4.78, 5) is 4.30. The Morgan fingerprint density at radius 3 is 2.93 bits per heavy atom. The van der Waals surface area contributed by atoms with Gasteiger partial charge in [0.25, 0.3) is 0 Å². The van der Waals surface area contributed by atoms with Crippen molar-refractivity contribution in [3.8, 4) is 5.75 Å². The molecule has 0 atom stereocenters. The molecule has 0 saturated heterocycles. The summed E-state index contributed by atoms with van der Waals surface area (Å²) < 4.78 is 6.50. The highest BCUT2D eigenvalue weighted by atomic mass is 32.1. The summed E-state index contributed by atoms with van der Waals surface area (Å²) in [7, 11) is 1.68. The predicted molar refractivity (Wildman–Crippen MR) is 64.6 cm³/mol. The zero-order valence-electron chi connectivity index (χ0n) is 8.91. The van der Waals surface area contributed by atoms with Crippen molar-refractivity contribution in [2.24, 2.45) is 0 Å². The SMILES string of the molecule is CCCc1ccc2sc(N)nc2c1OC. The molecule has 0 spiro atoms. The quantitative estimate of drug-likeness (QED) is 0.868. The molecule has 0 bridgehead atoms. The first-order chi connectivity index (χ1) is 7.26. The van der Waals surface area contributed by atoms with Crippen LogP contribution in [0.4, 0.5) is 5.13 Å². The van der Waals surface area contributed by atoms with E-state index in [0.29, 0.717) is 5.13 Å². The summed E-state index contributed by atoms with van der Waals surface area (Å²) in [6.07, 6.45) is 2.11. The Balaban J connectivity index is 2.63. The van der Waals surface area contributed by atoms with Gasteiger partial charge in [0, 0.05) is 0 Å². The average Bonchev–Trinajstić information content (AvgIpc) is 2.58. The number of nitrogen functional groups attached to an aromatic ring is 1. The van der Waals surface area contributed by atoms with Gasteiger partial charge in [-0.05, 0) is 18.1 Å². The van der Waals surface area contributed by atoms with E-state index in [1.807, 2.05) is 0 Å².